The van der Waals surface area contributed by atoms with Crippen LogP contribution in [0.25, 0.3) is 11.2 Å². The van der Waals surface area contributed by atoms with E-state index in [2.05, 4.69) is 28.1 Å². The van der Waals surface area contributed by atoms with E-state index in [4.69, 9.17) is 19.4 Å². The standard InChI is InChI=1S/C11H17N4O14P3/c1-4-13-9-6(10(18)14-4)12-3-15(9)11-8(17)7(16)5(27-11)2-26-31(22,23)29-32(24,25)28-30(19,20)21/h3,5,7-8,11,16-17H,2H2,1H3,(H,22,23)(H,24,25)(H,13,14,18)(H2,19,20,21)/t5-,7?,8+,11-/m1/s1. The maximum atomic E-state index is 11.9. The number of aliphatic hydroxyl groups excluding tert-OH is 2. The quantitative estimate of drug-likeness (QED) is 0.192. The van der Waals surface area contributed by atoms with Gasteiger partial charge in [0.15, 0.2) is 17.4 Å². The summed E-state index contributed by atoms with van der Waals surface area (Å²) in [6, 6.07) is 0. The number of hydrogen-bond acceptors (Lipinski definition) is 12. The van der Waals surface area contributed by atoms with Crippen LogP contribution in [0.5, 0.6) is 0 Å². The molecule has 0 spiro atoms. The molecule has 6 atom stereocenters. The van der Waals surface area contributed by atoms with Gasteiger partial charge in [-0.15, -0.1) is 0 Å². The average molecular weight is 522 g/mol. The van der Waals surface area contributed by atoms with Crippen molar-refractivity contribution in [1.82, 2.24) is 19.5 Å². The number of rotatable bonds is 8. The van der Waals surface area contributed by atoms with E-state index in [0.717, 1.165) is 10.9 Å². The third-order valence-corrected chi connectivity index (χ3v) is 7.78. The van der Waals surface area contributed by atoms with Crippen molar-refractivity contribution in [3.63, 3.8) is 0 Å². The van der Waals surface area contributed by atoms with E-state index < -0.39 is 60.2 Å². The molecule has 32 heavy (non-hydrogen) atoms. The molecule has 2 aromatic rings. The SMILES string of the molecule is Cc1nc2c(ncn2[C@@H]2O[C@H](COP(=O)(O)OP(=O)(O)OP(=O)(O)O)C(O)[C@@H]2O)c(=O)[nH]1. The van der Waals surface area contributed by atoms with Crippen molar-refractivity contribution in [1.29, 1.82) is 0 Å². The highest BCUT2D eigenvalue weighted by molar-refractivity contribution is 7.66. The highest BCUT2D eigenvalue weighted by atomic mass is 31.3. The number of phosphoric acid groups is 3. The zero-order valence-electron chi connectivity index (χ0n) is 15.7. The van der Waals surface area contributed by atoms with Crippen molar-refractivity contribution >= 4 is 34.6 Å². The Bertz CT molecular complexity index is 1210. The normalized spacial score (nSPS) is 28.0. The van der Waals surface area contributed by atoms with E-state index in [9.17, 15) is 33.6 Å². The van der Waals surface area contributed by atoms with E-state index in [1.807, 2.05) is 0 Å². The molecular formula is C11H17N4O14P3. The molecule has 0 aromatic carbocycles. The Morgan fingerprint density at radius 3 is 2.41 bits per heavy atom. The summed E-state index contributed by atoms with van der Waals surface area (Å²) in [7, 11) is -16.7. The minimum atomic E-state index is -5.72. The van der Waals surface area contributed by atoms with Crippen LogP contribution in [0.3, 0.4) is 0 Å². The van der Waals surface area contributed by atoms with E-state index in [-0.39, 0.29) is 17.0 Å². The van der Waals surface area contributed by atoms with Crippen molar-refractivity contribution in [2.45, 2.75) is 31.5 Å². The van der Waals surface area contributed by atoms with Crippen LogP contribution in [-0.2, 0) is 31.6 Å². The summed E-state index contributed by atoms with van der Waals surface area (Å²) in [4.78, 5) is 57.9. The van der Waals surface area contributed by atoms with Crippen LogP contribution in [0.4, 0.5) is 0 Å². The first-order chi connectivity index (χ1) is 14.6. The molecule has 3 unspecified atom stereocenters. The summed E-state index contributed by atoms with van der Waals surface area (Å²) in [5, 5.41) is 20.5. The lowest BCUT2D eigenvalue weighted by Crippen LogP contribution is -2.33. The lowest BCUT2D eigenvalue weighted by atomic mass is 10.1. The van der Waals surface area contributed by atoms with Gasteiger partial charge in [-0.2, -0.15) is 8.62 Å². The number of aliphatic hydroxyl groups is 2. The molecule has 0 saturated carbocycles. The Hall–Kier alpha value is -1.36. The summed E-state index contributed by atoms with van der Waals surface area (Å²) in [5.74, 6) is 0.224. The minimum Gasteiger partial charge on any atom is -0.387 e. The fourth-order valence-electron chi connectivity index (χ4n) is 2.79. The Morgan fingerprint density at radius 1 is 1.12 bits per heavy atom. The molecule has 1 saturated heterocycles. The molecule has 1 fully saturated rings. The number of aromatic amines is 1. The number of nitrogens with one attached hydrogen (secondary N) is 1. The van der Waals surface area contributed by atoms with Gasteiger partial charge in [-0.25, -0.2) is 23.7 Å². The number of phosphoric ester groups is 1. The van der Waals surface area contributed by atoms with Crippen molar-refractivity contribution in [2.24, 2.45) is 0 Å². The average Bonchev–Trinajstić information content (AvgIpc) is 3.12. The van der Waals surface area contributed by atoms with Crippen LogP contribution in [0, 0.1) is 6.92 Å². The predicted molar refractivity (Wildman–Crippen MR) is 98.6 cm³/mol. The number of aromatic nitrogens is 4. The number of imidazole rings is 1. The second kappa shape index (κ2) is 8.77. The summed E-state index contributed by atoms with van der Waals surface area (Å²) in [5.41, 5.74) is -0.642. The molecule has 0 aliphatic carbocycles. The van der Waals surface area contributed by atoms with Gasteiger partial charge in [0.25, 0.3) is 5.56 Å². The monoisotopic (exact) mass is 522 g/mol. The summed E-state index contributed by atoms with van der Waals surface area (Å²) < 4.78 is 51.8. The van der Waals surface area contributed by atoms with Crippen LogP contribution >= 0.6 is 23.5 Å². The van der Waals surface area contributed by atoms with Gasteiger partial charge in [0, 0.05) is 0 Å². The van der Waals surface area contributed by atoms with Crippen molar-refractivity contribution in [3.8, 4) is 0 Å². The van der Waals surface area contributed by atoms with Crippen LogP contribution in [-0.4, -0.2) is 74.2 Å². The molecule has 1 aliphatic heterocycles. The Labute approximate surface area is 176 Å². The van der Waals surface area contributed by atoms with Crippen LogP contribution in [0.15, 0.2) is 11.1 Å². The number of H-pyrrole nitrogens is 1. The Kier molecular flexibility index (Phi) is 6.93. The summed E-state index contributed by atoms with van der Waals surface area (Å²) >= 11 is 0. The molecule has 0 bridgehead atoms. The zero-order chi connectivity index (χ0) is 24.1. The topological polar surface area (TPSA) is 273 Å². The largest absolute Gasteiger partial charge is 0.490 e. The van der Waals surface area contributed by atoms with Crippen LogP contribution in [0.1, 0.15) is 12.1 Å². The molecule has 0 radical (unpaired) electrons. The molecular weight excluding hydrogens is 505 g/mol. The third-order valence-electron chi connectivity index (χ3n) is 3.98. The lowest BCUT2D eigenvalue weighted by Gasteiger charge is -2.19. The van der Waals surface area contributed by atoms with Gasteiger partial charge in [-0.3, -0.25) is 13.9 Å². The second-order valence-corrected chi connectivity index (χ2v) is 10.8. The first kappa shape index (κ1) is 25.3. The van der Waals surface area contributed by atoms with Gasteiger partial charge >= 0.3 is 23.5 Å². The van der Waals surface area contributed by atoms with Gasteiger partial charge in [0.05, 0.1) is 12.9 Å². The predicted octanol–water partition coefficient (Wildman–Crippen LogP) is -1.61. The second-order valence-electron chi connectivity index (χ2n) is 6.41. The molecule has 7 N–H and O–H groups in total. The molecule has 21 heteroatoms. The van der Waals surface area contributed by atoms with E-state index in [1.54, 1.807) is 0 Å². The highest BCUT2D eigenvalue weighted by Crippen LogP contribution is 2.66. The van der Waals surface area contributed by atoms with E-state index in [1.165, 1.54) is 6.92 Å². The molecule has 2 aromatic heterocycles. The maximum Gasteiger partial charge on any atom is 0.490 e. The van der Waals surface area contributed by atoms with Gasteiger partial charge in [0.2, 0.25) is 0 Å². The van der Waals surface area contributed by atoms with Crippen molar-refractivity contribution in [2.75, 3.05) is 6.61 Å². The van der Waals surface area contributed by atoms with Gasteiger partial charge in [-0.1, -0.05) is 0 Å². The highest BCUT2D eigenvalue weighted by Gasteiger charge is 2.47. The first-order valence-corrected chi connectivity index (χ1v) is 12.8. The third kappa shape index (κ3) is 5.76. The Morgan fingerprint density at radius 2 is 1.78 bits per heavy atom. The molecule has 0 amide bonds. The fourth-order valence-corrected chi connectivity index (χ4v) is 5.82. The molecule has 180 valence electrons. The zero-order valence-corrected chi connectivity index (χ0v) is 18.4. The molecule has 18 nitrogen and oxygen atoms in total. The van der Waals surface area contributed by atoms with Crippen LogP contribution in [0.2, 0.25) is 0 Å². The number of hydrogen-bond donors (Lipinski definition) is 7. The van der Waals surface area contributed by atoms with Gasteiger partial charge in [-0.05, 0) is 6.92 Å². The lowest BCUT2D eigenvalue weighted by molar-refractivity contribution is -0.0503. The Balaban J connectivity index is 1.72. The van der Waals surface area contributed by atoms with Crippen molar-refractivity contribution < 1.29 is 61.4 Å². The fraction of sp³-hybridized carbons (Fsp3) is 0.545. The first-order valence-electron chi connectivity index (χ1n) is 8.32. The van der Waals surface area contributed by atoms with Gasteiger partial charge < -0.3 is 39.5 Å². The van der Waals surface area contributed by atoms with Crippen LogP contribution < -0.4 is 5.56 Å². The molecule has 3 heterocycles. The maximum absolute atomic E-state index is 11.9. The van der Waals surface area contributed by atoms with E-state index >= 15 is 0 Å². The number of nitrogens with zero attached hydrogens (tertiary/aromatic N) is 3. The number of ether oxygens (including phenoxy) is 1. The smallest absolute Gasteiger partial charge is 0.387 e. The molecule has 3 rings (SSSR count). The summed E-state index contributed by atoms with van der Waals surface area (Å²) in [6.45, 7) is 0.502. The number of fused-ring (bicyclic) bond motifs is 1. The minimum absolute atomic E-state index is 0.0102. The van der Waals surface area contributed by atoms with Crippen molar-refractivity contribution in [3.05, 3.63) is 22.5 Å². The van der Waals surface area contributed by atoms with Gasteiger partial charge in [0.1, 0.15) is 24.1 Å². The summed E-state index contributed by atoms with van der Waals surface area (Å²) in [6.07, 6.45) is -5.12. The molecule has 1 aliphatic rings. The number of aryl methyl sites for hydroxylation is 1. The van der Waals surface area contributed by atoms with E-state index in [0.29, 0.717) is 0 Å².